The fourth-order valence-corrected chi connectivity index (χ4v) is 2.76. The van der Waals surface area contributed by atoms with Crippen LogP contribution in [-0.4, -0.2) is 46.0 Å². The highest BCUT2D eigenvalue weighted by Crippen LogP contribution is 2.33. The number of aromatic nitrogens is 3. The third kappa shape index (κ3) is 4.76. The van der Waals surface area contributed by atoms with Crippen LogP contribution in [0.5, 0.6) is 5.75 Å². The number of ether oxygens (including phenoxy) is 1. The van der Waals surface area contributed by atoms with Crippen LogP contribution in [-0.2, 0) is 6.18 Å². The van der Waals surface area contributed by atoms with Gasteiger partial charge in [-0.05, 0) is 42.8 Å². The number of halogens is 4. The lowest BCUT2D eigenvalue weighted by Gasteiger charge is -2.18. The second-order valence-electron chi connectivity index (χ2n) is 6.57. The minimum Gasteiger partial charge on any atom is -0.492 e. The van der Waals surface area contributed by atoms with Gasteiger partial charge in [-0.1, -0.05) is 23.4 Å². The number of aryl methyl sites for hydroxylation is 1. The molecule has 0 saturated heterocycles. The van der Waals surface area contributed by atoms with Gasteiger partial charge in [-0.3, -0.25) is 4.79 Å². The summed E-state index contributed by atoms with van der Waals surface area (Å²) in [5.74, 6) is -1.13. The summed E-state index contributed by atoms with van der Waals surface area (Å²) in [6.45, 7) is 1.99. The molecule has 1 amide bonds. The zero-order valence-electron chi connectivity index (χ0n) is 16.2. The predicted molar refractivity (Wildman–Crippen MR) is 100.0 cm³/mol. The van der Waals surface area contributed by atoms with Crippen molar-refractivity contribution < 1.29 is 27.1 Å². The molecule has 0 fully saturated rings. The fourth-order valence-electron chi connectivity index (χ4n) is 2.76. The van der Waals surface area contributed by atoms with Gasteiger partial charge in [0, 0.05) is 7.05 Å². The minimum absolute atomic E-state index is 0.0247. The molecule has 0 spiro atoms. The highest BCUT2D eigenvalue weighted by atomic mass is 19.4. The molecule has 0 atom stereocenters. The molecule has 0 saturated carbocycles. The molecular formula is C20H18F4N4O2. The Morgan fingerprint density at radius 3 is 2.57 bits per heavy atom. The van der Waals surface area contributed by atoms with Gasteiger partial charge in [-0.2, -0.15) is 13.2 Å². The topological polar surface area (TPSA) is 60.2 Å². The number of carbonyl (C=O) groups excluding carboxylic acids is 1. The summed E-state index contributed by atoms with van der Waals surface area (Å²) in [6.07, 6.45) is -4.93. The van der Waals surface area contributed by atoms with Crippen molar-refractivity contribution in [3.05, 3.63) is 71.3 Å². The summed E-state index contributed by atoms with van der Waals surface area (Å²) in [5.41, 5.74) is -1.45. The summed E-state index contributed by atoms with van der Waals surface area (Å²) in [6, 6.07) is 11.7. The fraction of sp³-hybridized carbons (Fsp3) is 0.250. The number of hydrogen-bond acceptors (Lipinski definition) is 4. The van der Waals surface area contributed by atoms with Crippen LogP contribution < -0.4 is 4.74 Å². The van der Waals surface area contributed by atoms with E-state index in [0.29, 0.717) is 10.4 Å². The lowest BCUT2D eigenvalue weighted by Crippen LogP contribution is -2.33. The minimum atomic E-state index is -4.93. The molecule has 0 aliphatic heterocycles. The predicted octanol–water partition coefficient (Wildman–Crippen LogP) is 3.88. The van der Waals surface area contributed by atoms with Gasteiger partial charge in [-0.25, -0.2) is 9.07 Å². The molecule has 1 aromatic heterocycles. The van der Waals surface area contributed by atoms with E-state index in [2.05, 4.69) is 10.3 Å². The summed E-state index contributed by atoms with van der Waals surface area (Å²) >= 11 is 0. The van der Waals surface area contributed by atoms with E-state index in [1.54, 1.807) is 18.2 Å². The van der Waals surface area contributed by atoms with Crippen LogP contribution in [0.2, 0.25) is 0 Å². The molecule has 0 radical (unpaired) electrons. The second kappa shape index (κ2) is 8.52. The average molecular weight is 422 g/mol. The molecule has 3 rings (SSSR count). The van der Waals surface area contributed by atoms with E-state index in [1.807, 2.05) is 13.0 Å². The maximum absolute atomic E-state index is 13.7. The molecule has 30 heavy (non-hydrogen) atoms. The van der Waals surface area contributed by atoms with Crippen LogP contribution in [0.1, 0.15) is 21.7 Å². The first-order valence-corrected chi connectivity index (χ1v) is 8.90. The van der Waals surface area contributed by atoms with Gasteiger partial charge in [0.2, 0.25) is 0 Å². The number of nitrogens with zero attached hydrogens (tertiary/aromatic N) is 4. The van der Waals surface area contributed by atoms with Crippen LogP contribution in [0.4, 0.5) is 17.6 Å². The number of benzene rings is 2. The Morgan fingerprint density at radius 2 is 1.90 bits per heavy atom. The Hall–Kier alpha value is -3.43. The van der Waals surface area contributed by atoms with E-state index in [4.69, 9.17) is 4.74 Å². The van der Waals surface area contributed by atoms with Gasteiger partial charge >= 0.3 is 6.18 Å². The molecule has 10 heteroatoms. The van der Waals surface area contributed by atoms with Gasteiger partial charge in [0.1, 0.15) is 18.2 Å². The van der Waals surface area contributed by atoms with Gasteiger partial charge in [-0.15, -0.1) is 5.10 Å². The van der Waals surface area contributed by atoms with E-state index in [9.17, 15) is 22.4 Å². The molecule has 0 bridgehead atoms. The first kappa shape index (κ1) is 21.3. The molecule has 6 nitrogen and oxygen atoms in total. The van der Waals surface area contributed by atoms with Crippen LogP contribution >= 0.6 is 0 Å². The summed E-state index contributed by atoms with van der Waals surface area (Å²) in [5, 5.41) is 6.86. The van der Waals surface area contributed by atoms with Crippen LogP contribution in [0.15, 0.2) is 48.5 Å². The SMILES string of the molecule is Cc1cccc(OCCN(C)C(=O)c2nnn(-c3cccc(F)c3)c2C(F)(F)F)c1. The van der Waals surface area contributed by atoms with Crippen LogP contribution in [0.25, 0.3) is 5.69 Å². The lowest BCUT2D eigenvalue weighted by molar-refractivity contribution is -0.143. The Bertz CT molecular complexity index is 1050. The molecule has 1 heterocycles. The van der Waals surface area contributed by atoms with Crippen molar-refractivity contribution in [2.45, 2.75) is 13.1 Å². The highest BCUT2D eigenvalue weighted by molar-refractivity contribution is 5.93. The maximum Gasteiger partial charge on any atom is 0.435 e. The summed E-state index contributed by atoms with van der Waals surface area (Å²) in [4.78, 5) is 13.7. The van der Waals surface area contributed by atoms with E-state index in [1.165, 1.54) is 19.2 Å². The van der Waals surface area contributed by atoms with Crippen molar-refractivity contribution in [2.75, 3.05) is 20.2 Å². The standard InChI is InChI=1S/C20H18F4N4O2/c1-13-5-3-8-16(11-13)30-10-9-27(2)19(29)17-18(20(22,23)24)28(26-25-17)15-7-4-6-14(21)12-15/h3-8,11-12H,9-10H2,1-2H3. The monoisotopic (exact) mass is 422 g/mol. The lowest BCUT2D eigenvalue weighted by atomic mass is 10.2. The molecule has 158 valence electrons. The van der Waals surface area contributed by atoms with E-state index < -0.39 is 29.3 Å². The molecule has 2 aromatic carbocycles. The van der Waals surface area contributed by atoms with Gasteiger partial charge < -0.3 is 9.64 Å². The molecular weight excluding hydrogens is 404 g/mol. The number of rotatable bonds is 6. The quantitative estimate of drug-likeness (QED) is 0.566. The zero-order valence-corrected chi connectivity index (χ0v) is 16.2. The van der Waals surface area contributed by atoms with Crippen molar-refractivity contribution in [3.8, 4) is 11.4 Å². The normalized spacial score (nSPS) is 11.4. The van der Waals surface area contributed by atoms with E-state index in [-0.39, 0.29) is 18.8 Å². The van der Waals surface area contributed by atoms with Crippen LogP contribution in [0, 0.1) is 12.7 Å². The maximum atomic E-state index is 13.7. The van der Waals surface area contributed by atoms with Crippen molar-refractivity contribution >= 4 is 5.91 Å². The van der Waals surface area contributed by atoms with Crippen molar-refractivity contribution in [3.63, 3.8) is 0 Å². The van der Waals surface area contributed by atoms with Crippen LogP contribution in [0.3, 0.4) is 0 Å². The van der Waals surface area contributed by atoms with E-state index >= 15 is 0 Å². The highest BCUT2D eigenvalue weighted by Gasteiger charge is 2.42. The Balaban J connectivity index is 1.79. The smallest absolute Gasteiger partial charge is 0.435 e. The summed E-state index contributed by atoms with van der Waals surface area (Å²) in [7, 11) is 1.34. The van der Waals surface area contributed by atoms with E-state index in [0.717, 1.165) is 22.6 Å². The van der Waals surface area contributed by atoms with Crippen molar-refractivity contribution in [2.24, 2.45) is 0 Å². The Kier molecular flexibility index (Phi) is 6.04. The first-order chi connectivity index (χ1) is 14.2. The Morgan fingerprint density at radius 1 is 1.17 bits per heavy atom. The number of carbonyl (C=O) groups is 1. The molecule has 0 aliphatic rings. The van der Waals surface area contributed by atoms with Gasteiger partial charge in [0.15, 0.2) is 11.4 Å². The summed E-state index contributed by atoms with van der Waals surface area (Å²) < 4.78 is 60.4. The Labute approximate surface area is 169 Å². The molecule has 3 aromatic rings. The average Bonchev–Trinajstić information content (AvgIpc) is 3.13. The van der Waals surface area contributed by atoms with Gasteiger partial charge in [0.05, 0.1) is 12.2 Å². The van der Waals surface area contributed by atoms with Crippen molar-refractivity contribution in [1.82, 2.24) is 19.9 Å². The second-order valence-corrected chi connectivity index (χ2v) is 6.57. The zero-order chi connectivity index (χ0) is 21.9. The number of hydrogen-bond donors (Lipinski definition) is 0. The van der Waals surface area contributed by atoms with Crippen molar-refractivity contribution in [1.29, 1.82) is 0 Å². The molecule has 0 unspecified atom stereocenters. The largest absolute Gasteiger partial charge is 0.492 e. The first-order valence-electron chi connectivity index (χ1n) is 8.90. The number of alkyl halides is 3. The number of amides is 1. The molecule has 0 aliphatic carbocycles. The third-order valence-electron chi connectivity index (χ3n) is 4.23. The van der Waals surface area contributed by atoms with Gasteiger partial charge in [0.25, 0.3) is 5.91 Å². The number of likely N-dealkylation sites (N-methyl/N-ethyl adjacent to an activating group) is 1. The third-order valence-corrected chi connectivity index (χ3v) is 4.23. The molecule has 0 N–H and O–H groups in total.